The van der Waals surface area contributed by atoms with Crippen molar-refractivity contribution in [3.05, 3.63) is 65.5 Å². The minimum Gasteiger partial charge on any atom is -0.384 e. The summed E-state index contributed by atoms with van der Waals surface area (Å²) >= 11 is 0. The summed E-state index contributed by atoms with van der Waals surface area (Å²) in [6.45, 7) is 4.09. The molecule has 0 spiro atoms. The monoisotopic (exact) mass is 334 g/mol. The van der Waals surface area contributed by atoms with Gasteiger partial charge in [0.2, 0.25) is 5.91 Å². The number of carbonyl (C=O) groups excluding carboxylic acids is 1. The van der Waals surface area contributed by atoms with E-state index in [0.29, 0.717) is 5.82 Å². The number of aromatic nitrogens is 2. The zero-order valence-corrected chi connectivity index (χ0v) is 14.7. The summed E-state index contributed by atoms with van der Waals surface area (Å²) in [5, 5.41) is 1.14. The van der Waals surface area contributed by atoms with E-state index in [1.54, 1.807) is 29.3 Å². The average molecular weight is 334 g/mol. The Hall–Kier alpha value is -3.08. The lowest BCUT2D eigenvalue weighted by Gasteiger charge is -2.23. The molecule has 0 aliphatic carbocycles. The number of hydrogen-bond donors (Lipinski definition) is 2. The first kappa shape index (κ1) is 16.8. The van der Waals surface area contributed by atoms with Gasteiger partial charge in [0.1, 0.15) is 5.82 Å². The number of nitrogens with zero attached hydrogens (tertiary/aromatic N) is 2. The van der Waals surface area contributed by atoms with Crippen LogP contribution in [-0.4, -0.2) is 27.8 Å². The van der Waals surface area contributed by atoms with E-state index in [-0.39, 0.29) is 11.9 Å². The second-order valence-electron chi connectivity index (χ2n) is 6.27. The van der Waals surface area contributed by atoms with E-state index >= 15 is 0 Å². The van der Waals surface area contributed by atoms with Crippen molar-refractivity contribution in [2.24, 2.45) is 0 Å². The molecule has 0 saturated heterocycles. The van der Waals surface area contributed by atoms with Crippen molar-refractivity contribution in [1.82, 2.24) is 14.9 Å². The molecular weight excluding hydrogens is 312 g/mol. The second-order valence-corrected chi connectivity index (χ2v) is 6.27. The van der Waals surface area contributed by atoms with Crippen LogP contribution in [-0.2, 0) is 4.79 Å². The zero-order chi connectivity index (χ0) is 18.0. The van der Waals surface area contributed by atoms with Gasteiger partial charge in [0.25, 0.3) is 0 Å². The highest BCUT2D eigenvalue weighted by molar-refractivity contribution is 5.92. The topological polar surface area (TPSA) is 75.0 Å². The van der Waals surface area contributed by atoms with Crippen LogP contribution in [0.4, 0.5) is 5.82 Å². The second kappa shape index (κ2) is 6.81. The highest BCUT2D eigenvalue weighted by atomic mass is 16.2. The van der Waals surface area contributed by atoms with Gasteiger partial charge in [0.15, 0.2) is 0 Å². The van der Waals surface area contributed by atoms with Gasteiger partial charge in [-0.1, -0.05) is 12.1 Å². The predicted molar refractivity (Wildman–Crippen MR) is 102 cm³/mol. The molecule has 0 saturated carbocycles. The lowest BCUT2D eigenvalue weighted by atomic mass is 10.0. The molecule has 0 bridgehead atoms. The number of aryl methyl sites for hydroxylation is 1. The van der Waals surface area contributed by atoms with Crippen LogP contribution in [0.1, 0.15) is 29.7 Å². The standard InChI is InChI=1S/C20H22N4O/c1-13-4-7-16-17(12-22-18(16)10-13)14(2)24(3)20(25)9-6-15-5-8-19(21)23-11-15/h4-12,14,22H,1-3H3,(H2,21,23)/b9-6+. The van der Waals surface area contributed by atoms with Crippen LogP contribution in [0.3, 0.4) is 0 Å². The largest absolute Gasteiger partial charge is 0.384 e. The number of likely N-dealkylation sites (N-methyl/N-ethyl adjacent to an activating group) is 1. The summed E-state index contributed by atoms with van der Waals surface area (Å²) in [5.41, 5.74) is 9.81. The van der Waals surface area contributed by atoms with Gasteiger partial charge in [-0.3, -0.25) is 4.79 Å². The summed E-state index contributed by atoms with van der Waals surface area (Å²) in [6.07, 6.45) is 6.93. The van der Waals surface area contributed by atoms with Gasteiger partial charge in [0.05, 0.1) is 6.04 Å². The molecule has 0 fully saturated rings. The van der Waals surface area contributed by atoms with Crippen molar-refractivity contribution >= 4 is 28.7 Å². The Morgan fingerprint density at radius 2 is 2.12 bits per heavy atom. The molecule has 1 amide bonds. The van der Waals surface area contributed by atoms with Crippen molar-refractivity contribution in [3.63, 3.8) is 0 Å². The highest BCUT2D eigenvalue weighted by Crippen LogP contribution is 2.28. The number of H-pyrrole nitrogens is 1. The van der Waals surface area contributed by atoms with Gasteiger partial charge in [-0.25, -0.2) is 4.98 Å². The first-order chi connectivity index (χ1) is 12.0. The Balaban J connectivity index is 1.77. The van der Waals surface area contributed by atoms with E-state index in [4.69, 9.17) is 5.73 Å². The van der Waals surface area contributed by atoms with Gasteiger partial charge < -0.3 is 15.6 Å². The van der Waals surface area contributed by atoms with Crippen molar-refractivity contribution < 1.29 is 4.79 Å². The number of aromatic amines is 1. The lowest BCUT2D eigenvalue weighted by Crippen LogP contribution is -2.27. The lowest BCUT2D eigenvalue weighted by molar-refractivity contribution is -0.126. The molecule has 128 valence electrons. The molecule has 3 aromatic rings. The number of rotatable bonds is 4. The summed E-state index contributed by atoms with van der Waals surface area (Å²) < 4.78 is 0. The number of nitrogens with two attached hydrogens (primary N) is 1. The van der Waals surface area contributed by atoms with Crippen LogP contribution in [0.15, 0.2) is 48.8 Å². The van der Waals surface area contributed by atoms with E-state index in [1.165, 1.54) is 5.56 Å². The normalized spacial score (nSPS) is 12.6. The molecule has 2 aromatic heterocycles. The molecular formula is C20H22N4O. The Kier molecular flexibility index (Phi) is 4.57. The predicted octanol–water partition coefficient (Wildman–Crippen LogP) is 3.69. The van der Waals surface area contributed by atoms with E-state index in [9.17, 15) is 4.79 Å². The van der Waals surface area contributed by atoms with Gasteiger partial charge >= 0.3 is 0 Å². The maximum Gasteiger partial charge on any atom is 0.246 e. The fraction of sp³-hybridized carbons (Fsp3) is 0.200. The number of fused-ring (bicyclic) bond motifs is 1. The van der Waals surface area contributed by atoms with Crippen LogP contribution >= 0.6 is 0 Å². The van der Waals surface area contributed by atoms with E-state index in [2.05, 4.69) is 35.1 Å². The Labute approximate surface area is 147 Å². The molecule has 0 radical (unpaired) electrons. The Morgan fingerprint density at radius 3 is 2.84 bits per heavy atom. The number of nitrogens with one attached hydrogen (secondary N) is 1. The van der Waals surface area contributed by atoms with Gasteiger partial charge in [-0.2, -0.15) is 0 Å². The smallest absolute Gasteiger partial charge is 0.246 e. The fourth-order valence-electron chi connectivity index (χ4n) is 2.81. The third kappa shape index (κ3) is 3.55. The molecule has 25 heavy (non-hydrogen) atoms. The first-order valence-corrected chi connectivity index (χ1v) is 8.20. The molecule has 0 aliphatic heterocycles. The molecule has 5 heteroatoms. The highest BCUT2D eigenvalue weighted by Gasteiger charge is 2.18. The summed E-state index contributed by atoms with van der Waals surface area (Å²) in [4.78, 5) is 21.5. The molecule has 2 heterocycles. The van der Waals surface area contributed by atoms with Crippen molar-refractivity contribution in [1.29, 1.82) is 0 Å². The van der Waals surface area contributed by atoms with Crippen molar-refractivity contribution in [3.8, 4) is 0 Å². The molecule has 1 aromatic carbocycles. The Bertz CT molecular complexity index is 925. The first-order valence-electron chi connectivity index (χ1n) is 8.20. The van der Waals surface area contributed by atoms with Crippen LogP contribution in [0.2, 0.25) is 0 Å². The number of benzene rings is 1. The molecule has 0 aliphatic rings. The average Bonchev–Trinajstić information content (AvgIpc) is 3.02. The number of carbonyl (C=O) groups is 1. The minimum atomic E-state index is -0.0641. The third-order valence-electron chi connectivity index (χ3n) is 4.48. The number of hydrogen-bond acceptors (Lipinski definition) is 3. The van der Waals surface area contributed by atoms with E-state index < -0.39 is 0 Å². The van der Waals surface area contributed by atoms with Gasteiger partial charge in [-0.15, -0.1) is 0 Å². The summed E-state index contributed by atoms with van der Waals surface area (Å²) in [5.74, 6) is 0.398. The molecule has 1 unspecified atom stereocenters. The van der Waals surface area contributed by atoms with Crippen LogP contribution in [0.25, 0.3) is 17.0 Å². The van der Waals surface area contributed by atoms with Crippen LogP contribution in [0.5, 0.6) is 0 Å². The third-order valence-corrected chi connectivity index (χ3v) is 4.48. The molecule has 1 atom stereocenters. The number of nitrogen functional groups attached to an aromatic ring is 1. The summed E-state index contributed by atoms with van der Waals surface area (Å²) in [7, 11) is 1.81. The van der Waals surface area contributed by atoms with Crippen LogP contribution < -0.4 is 5.73 Å². The SMILES string of the molecule is Cc1ccc2c(C(C)N(C)C(=O)/C=C/c3ccc(N)nc3)c[nH]c2c1. The number of anilines is 1. The maximum absolute atomic E-state index is 12.5. The van der Waals surface area contributed by atoms with Crippen molar-refractivity contribution in [2.75, 3.05) is 12.8 Å². The molecule has 3 rings (SSSR count). The van der Waals surface area contributed by atoms with E-state index in [1.807, 2.05) is 26.2 Å². The Morgan fingerprint density at radius 1 is 1.32 bits per heavy atom. The fourth-order valence-corrected chi connectivity index (χ4v) is 2.81. The summed E-state index contributed by atoms with van der Waals surface area (Å²) in [6, 6.07) is 9.80. The number of amides is 1. The quantitative estimate of drug-likeness (QED) is 0.715. The van der Waals surface area contributed by atoms with Crippen LogP contribution in [0, 0.1) is 6.92 Å². The minimum absolute atomic E-state index is 0.0434. The van der Waals surface area contributed by atoms with Gasteiger partial charge in [0, 0.05) is 36.4 Å². The van der Waals surface area contributed by atoms with Crippen molar-refractivity contribution in [2.45, 2.75) is 19.9 Å². The molecule has 5 nitrogen and oxygen atoms in total. The van der Waals surface area contributed by atoms with Gasteiger partial charge in [-0.05, 0) is 54.8 Å². The zero-order valence-electron chi connectivity index (χ0n) is 14.7. The van der Waals surface area contributed by atoms with E-state index in [0.717, 1.165) is 22.0 Å². The maximum atomic E-state index is 12.5. The number of pyridine rings is 1. The molecule has 3 N–H and O–H groups in total.